The number of likely N-dealkylation sites (tertiary alicyclic amines) is 2. The van der Waals surface area contributed by atoms with Crippen LogP contribution in [0.15, 0.2) is 60.2 Å². The van der Waals surface area contributed by atoms with E-state index in [4.69, 9.17) is 19.2 Å². The summed E-state index contributed by atoms with van der Waals surface area (Å²) in [5.41, 5.74) is 1.88. The number of aromatic amines is 2. The van der Waals surface area contributed by atoms with Gasteiger partial charge >= 0.3 is 12.2 Å². The highest BCUT2D eigenvalue weighted by molar-refractivity contribution is 7.12. The smallest absolute Gasteiger partial charge is 0.407 e. The number of imidazole rings is 2. The van der Waals surface area contributed by atoms with Crippen molar-refractivity contribution in [2.75, 3.05) is 27.3 Å². The van der Waals surface area contributed by atoms with E-state index in [0.717, 1.165) is 30.6 Å². The van der Waals surface area contributed by atoms with Crippen molar-refractivity contribution >= 4 is 46.6 Å². The molecule has 3 aromatic heterocycles. The second kappa shape index (κ2) is 18.4. The predicted octanol–water partition coefficient (Wildman–Crippen LogP) is 9.18. The summed E-state index contributed by atoms with van der Waals surface area (Å²) < 4.78 is 51.3. The Kier molecular flexibility index (Phi) is 12.4. The number of amides is 4. The lowest BCUT2D eigenvalue weighted by molar-refractivity contribution is -0.136. The number of benzene rings is 1. The minimum absolute atomic E-state index is 0.0240. The second-order valence-electron chi connectivity index (χ2n) is 20.0. The lowest BCUT2D eigenvalue weighted by Crippen LogP contribution is -2.51. The summed E-state index contributed by atoms with van der Waals surface area (Å²) >= 11 is 1.64. The molecule has 6 aliphatic rings. The van der Waals surface area contributed by atoms with E-state index < -0.39 is 53.7 Å². The van der Waals surface area contributed by atoms with E-state index in [1.165, 1.54) is 25.2 Å². The van der Waals surface area contributed by atoms with E-state index in [1.807, 2.05) is 51.7 Å². The van der Waals surface area contributed by atoms with E-state index in [0.29, 0.717) is 78.0 Å². The first-order valence-corrected chi connectivity index (χ1v) is 25.0. The van der Waals surface area contributed by atoms with Crippen LogP contribution in [-0.4, -0.2) is 104 Å². The number of carbonyl (C=O) groups excluding carboxylic acids is 4. The van der Waals surface area contributed by atoms with Gasteiger partial charge in [-0.3, -0.25) is 9.59 Å². The molecular formula is C51H59F2N9O7S. The molecule has 4 aromatic rings. The number of thiophene rings is 1. The van der Waals surface area contributed by atoms with Gasteiger partial charge in [0.2, 0.25) is 18.0 Å². The Morgan fingerprint density at radius 2 is 1.40 bits per heavy atom. The number of allylic oxidation sites excluding steroid dienone is 2. The lowest BCUT2D eigenvalue weighted by atomic mass is 9.82. The number of nitrogens with zero attached hydrogens (tertiary/aromatic N) is 5. The van der Waals surface area contributed by atoms with Crippen LogP contribution in [0.1, 0.15) is 136 Å². The van der Waals surface area contributed by atoms with Crippen LogP contribution in [0.5, 0.6) is 5.75 Å². The van der Waals surface area contributed by atoms with Gasteiger partial charge in [0.15, 0.2) is 5.83 Å². The van der Waals surface area contributed by atoms with E-state index in [9.17, 15) is 19.2 Å². The molecule has 3 fully saturated rings. The maximum absolute atomic E-state index is 17.7. The van der Waals surface area contributed by atoms with Gasteiger partial charge in [0.05, 0.1) is 71.8 Å². The van der Waals surface area contributed by atoms with Crippen LogP contribution in [0, 0.1) is 17.7 Å². The number of hydrogen-bond donors (Lipinski definition) is 4. The van der Waals surface area contributed by atoms with Gasteiger partial charge in [0.25, 0.3) is 0 Å². The molecule has 16 nitrogen and oxygen atoms in total. The molecule has 0 spiro atoms. The molecule has 2 unspecified atom stereocenters. The normalized spacial score (nSPS) is 23.6. The van der Waals surface area contributed by atoms with Gasteiger partial charge in [0.1, 0.15) is 35.3 Å². The number of nitrogens with one attached hydrogen (secondary N) is 4. The first-order valence-electron chi connectivity index (χ1n) is 24.2. The van der Waals surface area contributed by atoms with Crippen molar-refractivity contribution in [3.63, 3.8) is 0 Å². The molecule has 10 rings (SSSR count). The molecule has 70 heavy (non-hydrogen) atoms. The third-order valence-electron chi connectivity index (χ3n) is 14.8. The number of H-pyrrole nitrogens is 2. The van der Waals surface area contributed by atoms with Crippen molar-refractivity contribution in [3.05, 3.63) is 98.7 Å². The molecule has 4 aliphatic heterocycles. The third kappa shape index (κ3) is 8.22. The van der Waals surface area contributed by atoms with Crippen LogP contribution in [0.25, 0.3) is 22.5 Å². The SMILES string of the molecule is COC(=O)N[C@H](C(=O)N1CCC[C@H]1c1ncc(C2=CCC3(C)C(=C2)C(F)=C2c4c(F)cc(-c5cnc([C@@H]6CCCN6C(=O)[C@@H](NC(=O)OC)C(C)C)[nH]5)cc4OC(c4ccc(C5CC5)s4)N23)[nH]1)C(C)C. The summed E-state index contributed by atoms with van der Waals surface area (Å²) in [4.78, 5) is 75.7. The third-order valence-corrected chi connectivity index (χ3v) is 16.0. The number of fused-ring (bicyclic) bond motifs is 5. The largest absolute Gasteiger partial charge is 0.465 e. The number of aromatic nitrogens is 4. The number of methoxy groups -OCH3 is 2. The van der Waals surface area contributed by atoms with Crippen molar-refractivity contribution < 1.29 is 42.2 Å². The minimum Gasteiger partial charge on any atom is -0.465 e. The van der Waals surface area contributed by atoms with E-state index >= 15 is 8.78 Å². The fraction of sp³-hybridized carbons (Fsp3) is 0.490. The van der Waals surface area contributed by atoms with E-state index in [2.05, 4.69) is 31.7 Å². The Bertz CT molecular complexity index is 2840. The molecule has 0 bridgehead atoms. The first-order chi connectivity index (χ1) is 33.6. The molecule has 370 valence electrons. The zero-order valence-electron chi connectivity index (χ0n) is 40.4. The van der Waals surface area contributed by atoms with Gasteiger partial charge in [-0.05, 0) is 106 Å². The van der Waals surface area contributed by atoms with Crippen LogP contribution in [0.4, 0.5) is 18.4 Å². The fourth-order valence-electron chi connectivity index (χ4n) is 10.8. The number of rotatable bonds is 12. The summed E-state index contributed by atoms with van der Waals surface area (Å²) in [6.07, 6.45) is 10.4. The highest BCUT2D eigenvalue weighted by atomic mass is 32.1. The molecule has 4 amide bonds. The highest BCUT2D eigenvalue weighted by Gasteiger charge is 2.55. The van der Waals surface area contributed by atoms with Gasteiger partial charge in [-0.1, -0.05) is 33.8 Å². The number of ether oxygens (including phenoxy) is 3. The molecule has 1 aromatic carbocycles. The van der Waals surface area contributed by atoms with E-state index in [1.54, 1.807) is 45.7 Å². The average Bonchev–Trinajstić information content (AvgIpc) is 4.04. The zero-order chi connectivity index (χ0) is 49.3. The molecular weight excluding hydrogens is 921 g/mol. The highest BCUT2D eigenvalue weighted by Crippen LogP contribution is 2.60. The summed E-state index contributed by atoms with van der Waals surface area (Å²) in [5, 5.41) is 5.36. The Morgan fingerprint density at radius 1 is 0.829 bits per heavy atom. The zero-order valence-corrected chi connectivity index (χ0v) is 41.2. The molecule has 6 atom stereocenters. The van der Waals surface area contributed by atoms with Crippen LogP contribution in [0.2, 0.25) is 0 Å². The van der Waals surface area contributed by atoms with Gasteiger partial charge in [-0.2, -0.15) is 0 Å². The number of carbonyl (C=O) groups is 4. The Labute approximate surface area is 408 Å². The number of hydrogen-bond acceptors (Lipinski definition) is 11. The maximum Gasteiger partial charge on any atom is 0.407 e. The van der Waals surface area contributed by atoms with Crippen molar-refractivity contribution in [2.24, 2.45) is 11.8 Å². The lowest BCUT2D eigenvalue weighted by Gasteiger charge is -2.47. The van der Waals surface area contributed by atoms with Gasteiger partial charge in [0, 0.05) is 29.1 Å². The van der Waals surface area contributed by atoms with Crippen molar-refractivity contribution in [1.29, 1.82) is 0 Å². The van der Waals surface area contributed by atoms with Crippen LogP contribution < -0.4 is 15.4 Å². The van der Waals surface area contributed by atoms with Crippen molar-refractivity contribution in [3.8, 4) is 17.0 Å². The summed E-state index contributed by atoms with van der Waals surface area (Å²) in [6.45, 7) is 10.4. The molecule has 2 aliphatic carbocycles. The molecule has 0 radical (unpaired) electrons. The Morgan fingerprint density at radius 3 is 1.97 bits per heavy atom. The summed E-state index contributed by atoms with van der Waals surface area (Å²) in [5.74, 6) is -0.265. The standard InChI is InChI=1S/C51H59F2N9O7S/c1-25(2)41(58-49(65)67-6)46(63)60-18-8-10-34(60)44-54-23-32(56-44)28-16-17-51(5)30(20-28)40(53)43-39-31(52)21-29(22-36(39)69-48(62(43)51)38-15-14-37(70-38)27-12-13-27)33-24-55-45(57-33)35-11-9-19-61(35)47(64)42(26(3)4)59-50(66)68-7/h14-16,20-27,34-35,41-42,48H,8-13,17-19H2,1-7H3,(H,54,56)(H,55,57)(H,58,65)(H,59,66)/t34-,35-,41-,42-,48?,51?/m0/s1. The van der Waals surface area contributed by atoms with Crippen LogP contribution in [0.3, 0.4) is 0 Å². The van der Waals surface area contributed by atoms with Crippen LogP contribution in [-0.2, 0) is 19.1 Å². The topological polar surface area (TPSA) is 187 Å². The van der Waals surface area contributed by atoms with Gasteiger partial charge < -0.3 is 49.5 Å². The predicted molar refractivity (Wildman–Crippen MR) is 257 cm³/mol. The van der Waals surface area contributed by atoms with Gasteiger partial charge in [-0.15, -0.1) is 11.3 Å². The quantitative estimate of drug-likeness (QED) is 0.107. The number of alkyl carbamates (subject to hydrolysis) is 2. The Hall–Kier alpha value is -6.50. The summed E-state index contributed by atoms with van der Waals surface area (Å²) in [7, 11) is 2.52. The van der Waals surface area contributed by atoms with E-state index in [-0.39, 0.29) is 46.7 Å². The van der Waals surface area contributed by atoms with Crippen LogP contribution >= 0.6 is 11.3 Å². The fourth-order valence-corrected chi connectivity index (χ4v) is 12.0. The van der Waals surface area contributed by atoms with Crippen molar-refractivity contribution in [1.82, 2.24) is 45.3 Å². The monoisotopic (exact) mass is 979 g/mol. The summed E-state index contributed by atoms with van der Waals surface area (Å²) in [6, 6.07) is 4.91. The molecule has 7 heterocycles. The average molecular weight is 980 g/mol. The van der Waals surface area contributed by atoms with Gasteiger partial charge in [-0.25, -0.2) is 28.3 Å². The Balaban J connectivity index is 0.966. The van der Waals surface area contributed by atoms with Crippen molar-refractivity contribution in [2.45, 2.75) is 121 Å². The molecule has 1 saturated carbocycles. The molecule has 4 N–H and O–H groups in total. The maximum atomic E-state index is 17.7. The molecule has 2 saturated heterocycles. The second-order valence-corrected chi connectivity index (χ2v) is 21.1. The first kappa shape index (κ1) is 47.2. The number of halogens is 2. The molecule has 19 heteroatoms. The minimum atomic E-state index is -0.958.